The number of hydrogen-bond acceptors (Lipinski definition) is 5. The Morgan fingerprint density at radius 1 is 0.778 bits per heavy atom. The number of carbonyl (C=O) groups excluding carboxylic acids is 1. The van der Waals surface area contributed by atoms with Gasteiger partial charge < -0.3 is 30.6 Å². The van der Waals surface area contributed by atoms with Crippen LogP contribution in [0.4, 0.5) is 0 Å². The predicted molar refractivity (Wildman–Crippen MR) is 105 cm³/mol. The molecule has 5 N–H and O–H groups in total. The molecule has 0 aliphatic heterocycles. The Labute approximate surface area is 164 Å². The van der Waals surface area contributed by atoms with Crippen LogP contribution in [0.5, 0.6) is 0 Å². The fourth-order valence-electron chi connectivity index (χ4n) is 3.08. The summed E-state index contributed by atoms with van der Waals surface area (Å²) < 4.78 is 11.7. The fourth-order valence-corrected chi connectivity index (χ4v) is 3.08. The van der Waals surface area contributed by atoms with E-state index in [0.29, 0.717) is 25.7 Å². The minimum absolute atomic E-state index is 0. The second-order valence-corrected chi connectivity index (χ2v) is 6.86. The van der Waals surface area contributed by atoms with E-state index in [2.05, 4.69) is 0 Å². The van der Waals surface area contributed by atoms with Crippen LogP contribution in [-0.4, -0.2) is 41.5 Å². The average Bonchev–Trinajstić information content (AvgIpc) is 2.61. The van der Waals surface area contributed by atoms with Crippen molar-refractivity contribution in [1.82, 2.24) is 6.15 Å². The fraction of sp³-hybridized carbons (Fsp3) is 0.900. The van der Waals surface area contributed by atoms with Gasteiger partial charge in [-0.3, -0.25) is 0 Å². The van der Waals surface area contributed by atoms with Gasteiger partial charge in [0.1, 0.15) is 5.60 Å². The van der Waals surface area contributed by atoms with Crippen LogP contribution in [0.25, 0.3) is 0 Å². The van der Waals surface area contributed by atoms with E-state index in [9.17, 15) is 19.8 Å². The van der Waals surface area contributed by atoms with Gasteiger partial charge in [0.15, 0.2) is 5.60 Å². The van der Waals surface area contributed by atoms with Gasteiger partial charge >= 0.3 is 5.97 Å². The molecule has 7 nitrogen and oxygen atoms in total. The van der Waals surface area contributed by atoms with Crippen molar-refractivity contribution in [3.05, 3.63) is 0 Å². The highest BCUT2D eigenvalue weighted by molar-refractivity contribution is 5.90. The Hall–Kier alpha value is -1.18. The van der Waals surface area contributed by atoms with Crippen molar-refractivity contribution in [2.24, 2.45) is 0 Å². The van der Waals surface area contributed by atoms with Crippen molar-refractivity contribution in [2.75, 3.05) is 13.2 Å². The van der Waals surface area contributed by atoms with E-state index < -0.39 is 23.1 Å². The lowest BCUT2D eigenvalue weighted by Gasteiger charge is -2.48. The molecule has 0 bridgehead atoms. The molecule has 0 fully saturated rings. The molecule has 0 radical (unpaired) electrons. The van der Waals surface area contributed by atoms with E-state index in [1.54, 1.807) is 0 Å². The van der Waals surface area contributed by atoms with E-state index in [1.807, 2.05) is 27.7 Å². The Morgan fingerprint density at radius 3 is 1.48 bits per heavy atom. The molecule has 0 aromatic carbocycles. The molecule has 0 aliphatic carbocycles. The zero-order valence-corrected chi connectivity index (χ0v) is 18.0. The van der Waals surface area contributed by atoms with Gasteiger partial charge in [0, 0.05) is 13.2 Å². The molecule has 0 aromatic heterocycles. The summed E-state index contributed by atoms with van der Waals surface area (Å²) in [5.74, 6) is -2.77. The highest BCUT2D eigenvalue weighted by Gasteiger charge is 2.59. The van der Waals surface area contributed by atoms with E-state index in [0.717, 1.165) is 25.7 Å². The lowest BCUT2D eigenvalue weighted by molar-refractivity contribution is -0.344. The maximum absolute atomic E-state index is 12.4. The summed E-state index contributed by atoms with van der Waals surface area (Å²) >= 11 is 0. The molecule has 2 atom stereocenters. The van der Waals surface area contributed by atoms with Crippen molar-refractivity contribution >= 4 is 11.9 Å². The highest BCUT2D eigenvalue weighted by Crippen LogP contribution is 2.39. The Balaban J connectivity index is 0. The molecule has 2 unspecified atom stereocenters. The molecular weight excluding hydrogens is 350 g/mol. The first-order valence-electron chi connectivity index (χ1n) is 10.1. The zero-order valence-electron chi connectivity index (χ0n) is 18.0. The first kappa shape index (κ1) is 28.0. The molecule has 0 saturated heterocycles. The first-order valence-corrected chi connectivity index (χ1v) is 10.1. The minimum atomic E-state index is -1.98. The van der Waals surface area contributed by atoms with E-state index >= 15 is 0 Å². The van der Waals surface area contributed by atoms with Crippen LogP contribution in [-0.2, 0) is 19.1 Å². The maximum Gasteiger partial charge on any atom is 0.339 e. The van der Waals surface area contributed by atoms with Gasteiger partial charge in [-0.05, 0) is 25.7 Å². The first-order chi connectivity index (χ1) is 12.4. The summed E-state index contributed by atoms with van der Waals surface area (Å²) in [7, 11) is 0. The van der Waals surface area contributed by atoms with Gasteiger partial charge in [-0.25, -0.2) is 4.79 Å². The summed E-state index contributed by atoms with van der Waals surface area (Å²) in [6, 6.07) is 0. The number of carbonyl (C=O) groups is 2. The third-order valence-corrected chi connectivity index (χ3v) is 4.79. The third kappa shape index (κ3) is 7.39. The summed E-state index contributed by atoms with van der Waals surface area (Å²) in [5.41, 5.74) is -3.91. The monoisotopic (exact) mass is 391 g/mol. The van der Waals surface area contributed by atoms with Crippen LogP contribution in [0.3, 0.4) is 0 Å². The number of carboxylic acids is 2. The number of ether oxygens (including phenoxy) is 2. The van der Waals surface area contributed by atoms with Gasteiger partial charge in [-0.15, -0.1) is 0 Å². The van der Waals surface area contributed by atoms with Crippen LogP contribution < -0.4 is 11.3 Å². The Bertz CT molecular complexity index is 379. The predicted octanol–water partition coefficient (Wildman–Crippen LogP) is 3.69. The molecule has 7 heteroatoms. The van der Waals surface area contributed by atoms with Crippen LogP contribution >= 0.6 is 0 Å². The topological polar surface area (TPSA) is 132 Å². The number of quaternary nitrogens is 1. The molecule has 0 aliphatic rings. The highest BCUT2D eigenvalue weighted by atomic mass is 16.6. The zero-order chi connectivity index (χ0) is 20.1. The van der Waals surface area contributed by atoms with Crippen LogP contribution in [0.15, 0.2) is 0 Å². The van der Waals surface area contributed by atoms with Crippen LogP contribution in [0.1, 0.15) is 91.9 Å². The normalized spacial score (nSPS) is 15.4. The largest absolute Gasteiger partial charge is 0.547 e. The van der Waals surface area contributed by atoms with Crippen LogP contribution in [0, 0.1) is 0 Å². The lowest BCUT2D eigenvalue weighted by Crippen LogP contribution is -2.69. The molecule has 162 valence electrons. The smallest absolute Gasteiger partial charge is 0.339 e. The Kier molecular flexibility index (Phi) is 15.4. The molecule has 0 amide bonds. The van der Waals surface area contributed by atoms with Crippen molar-refractivity contribution in [2.45, 2.75) is 103 Å². The van der Waals surface area contributed by atoms with Gasteiger partial charge in [0.05, 0.1) is 5.97 Å². The van der Waals surface area contributed by atoms with Gasteiger partial charge in [0.2, 0.25) is 0 Å². The molecular formula is C20H41NO6. The summed E-state index contributed by atoms with van der Waals surface area (Å²) in [6.07, 6.45) is 5.64. The van der Waals surface area contributed by atoms with Crippen molar-refractivity contribution in [1.29, 1.82) is 0 Å². The number of rotatable bonds is 17. The molecule has 0 heterocycles. The second-order valence-electron chi connectivity index (χ2n) is 6.86. The van der Waals surface area contributed by atoms with Crippen molar-refractivity contribution < 1.29 is 29.3 Å². The van der Waals surface area contributed by atoms with Crippen molar-refractivity contribution in [3.8, 4) is 0 Å². The SMILES string of the molecule is CCCCOC(CCCC)(C(=O)[O-])C(CCCC)(OCCCC)C(=O)O.[NH4+]. The number of carboxylic acid groups (broad SMARTS) is 2. The summed E-state index contributed by atoms with van der Waals surface area (Å²) in [5, 5.41) is 22.4. The second kappa shape index (κ2) is 14.8. The van der Waals surface area contributed by atoms with Gasteiger partial charge in [-0.1, -0.05) is 66.2 Å². The Morgan fingerprint density at radius 2 is 1.15 bits per heavy atom. The minimum Gasteiger partial charge on any atom is -0.547 e. The van der Waals surface area contributed by atoms with Gasteiger partial charge in [-0.2, -0.15) is 0 Å². The molecule has 0 saturated carbocycles. The molecule has 0 rings (SSSR count). The van der Waals surface area contributed by atoms with Crippen LogP contribution in [0.2, 0.25) is 0 Å². The van der Waals surface area contributed by atoms with E-state index in [1.165, 1.54) is 0 Å². The van der Waals surface area contributed by atoms with E-state index in [4.69, 9.17) is 9.47 Å². The number of aliphatic carboxylic acids is 2. The van der Waals surface area contributed by atoms with E-state index in [-0.39, 0.29) is 32.2 Å². The lowest BCUT2D eigenvalue weighted by atomic mass is 9.75. The summed E-state index contributed by atoms with van der Waals surface area (Å²) in [6.45, 7) is 8.16. The number of hydrogen-bond donors (Lipinski definition) is 2. The molecule has 0 spiro atoms. The third-order valence-electron chi connectivity index (χ3n) is 4.79. The van der Waals surface area contributed by atoms with Crippen molar-refractivity contribution in [3.63, 3.8) is 0 Å². The quantitative estimate of drug-likeness (QED) is 0.363. The average molecular weight is 392 g/mol. The number of unbranched alkanes of at least 4 members (excludes halogenated alkanes) is 4. The standard InChI is InChI=1S/C20H38O6.H3N/c1-5-9-13-19(17(21)22,25-15-11-7-3)20(18(23)24,14-10-6-2)26-16-12-8-4;/h5-16H2,1-4H3,(H,21,22)(H,23,24);1H3. The summed E-state index contributed by atoms with van der Waals surface area (Å²) in [4.78, 5) is 24.7. The molecule has 0 aromatic rings. The van der Waals surface area contributed by atoms with Gasteiger partial charge in [0.25, 0.3) is 0 Å². The molecule has 27 heavy (non-hydrogen) atoms. The maximum atomic E-state index is 12.4.